The van der Waals surface area contributed by atoms with Gasteiger partial charge in [-0.3, -0.25) is 0 Å². The maximum atomic E-state index is 12.9. The molecule has 0 unspecified atom stereocenters. The van der Waals surface area contributed by atoms with Crippen LogP contribution in [0.3, 0.4) is 0 Å². The SMILES string of the molecule is CCc1ccc2c(COC(=O)c3cc(S(=O)(=O)N4CCOCC4)ccc3Cl)cc(=O)oc2c1. The van der Waals surface area contributed by atoms with Crippen LogP contribution in [0.1, 0.15) is 28.4 Å². The van der Waals surface area contributed by atoms with Crippen LogP contribution in [0.2, 0.25) is 5.02 Å². The van der Waals surface area contributed by atoms with E-state index in [9.17, 15) is 18.0 Å². The van der Waals surface area contributed by atoms with Crippen molar-refractivity contribution < 1.29 is 27.1 Å². The lowest BCUT2D eigenvalue weighted by Gasteiger charge is -2.26. The van der Waals surface area contributed by atoms with E-state index in [1.807, 2.05) is 19.1 Å². The van der Waals surface area contributed by atoms with Gasteiger partial charge in [-0.05, 0) is 36.2 Å². The summed E-state index contributed by atoms with van der Waals surface area (Å²) in [4.78, 5) is 24.7. The number of fused-ring (bicyclic) bond motifs is 1. The third kappa shape index (κ3) is 4.96. The number of carbonyl (C=O) groups excluding carboxylic acids is 1. The van der Waals surface area contributed by atoms with Gasteiger partial charge in [0.15, 0.2) is 0 Å². The molecule has 0 saturated carbocycles. The molecule has 1 fully saturated rings. The van der Waals surface area contributed by atoms with Gasteiger partial charge in [-0.25, -0.2) is 18.0 Å². The summed E-state index contributed by atoms with van der Waals surface area (Å²) in [5, 5.41) is 0.709. The Labute approximate surface area is 195 Å². The van der Waals surface area contributed by atoms with Gasteiger partial charge in [-0.1, -0.05) is 30.7 Å². The fourth-order valence-corrected chi connectivity index (χ4v) is 5.22. The zero-order chi connectivity index (χ0) is 23.6. The molecule has 1 aliphatic rings. The van der Waals surface area contributed by atoms with Crippen LogP contribution in [0.25, 0.3) is 11.0 Å². The number of sulfonamides is 1. The van der Waals surface area contributed by atoms with Crippen molar-refractivity contribution in [3.63, 3.8) is 0 Å². The van der Waals surface area contributed by atoms with Crippen LogP contribution < -0.4 is 5.63 Å². The molecule has 0 aliphatic carbocycles. The van der Waals surface area contributed by atoms with Gasteiger partial charge >= 0.3 is 11.6 Å². The van der Waals surface area contributed by atoms with Crippen LogP contribution in [0.15, 0.2) is 56.6 Å². The number of benzene rings is 2. The fourth-order valence-electron chi connectivity index (χ4n) is 3.59. The molecule has 33 heavy (non-hydrogen) atoms. The largest absolute Gasteiger partial charge is 0.457 e. The van der Waals surface area contributed by atoms with Gasteiger partial charge < -0.3 is 13.9 Å². The predicted octanol–water partition coefficient (Wildman–Crippen LogP) is 3.39. The molecule has 8 nitrogen and oxygen atoms in total. The van der Waals surface area contributed by atoms with E-state index in [1.54, 1.807) is 6.07 Å². The molecule has 0 atom stereocenters. The summed E-state index contributed by atoms with van der Waals surface area (Å²) in [6.45, 7) is 2.86. The smallest absolute Gasteiger partial charge is 0.340 e. The van der Waals surface area contributed by atoms with Crippen molar-refractivity contribution in [2.24, 2.45) is 0 Å². The van der Waals surface area contributed by atoms with Crippen molar-refractivity contribution in [3.05, 3.63) is 74.6 Å². The summed E-state index contributed by atoms with van der Waals surface area (Å²) in [6.07, 6.45) is 0.779. The number of hydrogen-bond donors (Lipinski definition) is 0. The Morgan fingerprint density at radius 2 is 1.88 bits per heavy atom. The molecule has 0 amide bonds. The molecule has 1 aliphatic heterocycles. The average Bonchev–Trinajstić information content (AvgIpc) is 2.82. The Hall–Kier alpha value is -2.72. The number of morpholine rings is 1. The summed E-state index contributed by atoms with van der Waals surface area (Å²) in [7, 11) is -3.81. The Morgan fingerprint density at radius 3 is 2.61 bits per heavy atom. The summed E-state index contributed by atoms with van der Waals surface area (Å²) in [5.41, 5.74) is 1.25. The van der Waals surface area contributed by atoms with Gasteiger partial charge in [-0.15, -0.1) is 0 Å². The van der Waals surface area contributed by atoms with E-state index in [0.717, 1.165) is 12.0 Å². The second kappa shape index (κ2) is 9.64. The molecule has 0 N–H and O–H groups in total. The van der Waals surface area contributed by atoms with E-state index in [0.29, 0.717) is 29.7 Å². The van der Waals surface area contributed by atoms with Gasteiger partial charge in [-0.2, -0.15) is 4.31 Å². The third-order valence-corrected chi connectivity index (χ3v) is 7.65. The van der Waals surface area contributed by atoms with Crippen LogP contribution >= 0.6 is 11.6 Å². The van der Waals surface area contributed by atoms with Gasteiger partial charge in [0.2, 0.25) is 10.0 Å². The zero-order valence-electron chi connectivity index (χ0n) is 17.9. The highest BCUT2D eigenvalue weighted by atomic mass is 35.5. The number of carbonyl (C=O) groups is 1. The molecule has 0 bridgehead atoms. The standard InChI is InChI=1S/C23H22ClNO7S/c1-2-15-3-5-18-16(12-22(26)32-21(18)11-15)14-31-23(27)19-13-17(4-6-20(19)24)33(28,29)25-7-9-30-10-8-25/h3-6,11-13H,2,7-10,14H2,1H3. The monoisotopic (exact) mass is 491 g/mol. The lowest BCUT2D eigenvalue weighted by atomic mass is 10.1. The molecule has 174 valence electrons. The average molecular weight is 492 g/mol. The highest BCUT2D eigenvalue weighted by Crippen LogP contribution is 2.25. The number of hydrogen-bond acceptors (Lipinski definition) is 7. The molecular formula is C23H22ClNO7S. The lowest BCUT2D eigenvalue weighted by Crippen LogP contribution is -2.40. The summed E-state index contributed by atoms with van der Waals surface area (Å²) < 4.78 is 43.0. The highest BCUT2D eigenvalue weighted by molar-refractivity contribution is 7.89. The van der Waals surface area contributed by atoms with Crippen molar-refractivity contribution in [1.82, 2.24) is 4.31 Å². The topological polar surface area (TPSA) is 103 Å². The Bertz CT molecular complexity index is 1360. The maximum absolute atomic E-state index is 12.9. The fraction of sp³-hybridized carbons (Fsp3) is 0.304. The molecule has 1 saturated heterocycles. The summed E-state index contributed by atoms with van der Waals surface area (Å²) in [5.74, 6) is -0.800. The van der Waals surface area contributed by atoms with Gasteiger partial charge in [0.05, 0.1) is 28.7 Å². The number of aryl methyl sites for hydroxylation is 1. The number of halogens is 1. The second-order valence-corrected chi connectivity index (χ2v) is 9.85. The quantitative estimate of drug-likeness (QED) is 0.384. The van der Waals surface area contributed by atoms with Crippen LogP contribution in [0.4, 0.5) is 0 Å². The van der Waals surface area contributed by atoms with E-state index in [1.165, 1.54) is 28.6 Å². The highest BCUT2D eigenvalue weighted by Gasteiger charge is 2.28. The van der Waals surface area contributed by atoms with E-state index in [2.05, 4.69) is 0 Å². The normalized spacial score (nSPS) is 15.0. The van der Waals surface area contributed by atoms with Crippen molar-refractivity contribution in [3.8, 4) is 0 Å². The van der Waals surface area contributed by atoms with E-state index in [4.69, 9.17) is 25.5 Å². The van der Waals surface area contributed by atoms with Crippen LogP contribution in [-0.4, -0.2) is 45.0 Å². The molecule has 4 rings (SSSR count). The molecule has 1 aromatic heterocycles. The van der Waals surface area contributed by atoms with E-state index < -0.39 is 21.6 Å². The molecule has 0 radical (unpaired) electrons. The minimum atomic E-state index is -3.81. The third-order valence-electron chi connectivity index (χ3n) is 5.43. The minimum Gasteiger partial charge on any atom is -0.457 e. The summed E-state index contributed by atoms with van der Waals surface area (Å²) in [6, 6.07) is 10.7. The Kier molecular flexibility index (Phi) is 6.85. The molecule has 10 heteroatoms. The van der Waals surface area contributed by atoms with Gasteiger partial charge in [0.1, 0.15) is 12.2 Å². The first-order chi connectivity index (χ1) is 15.8. The Morgan fingerprint density at radius 1 is 1.12 bits per heavy atom. The van der Waals surface area contributed by atoms with Crippen molar-refractivity contribution in [2.45, 2.75) is 24.8 Å². The second-order valence-electron chi connectivity index (χ2n) is 7.51. The van der Waals surface area contributed by atoms with E-state index in [-0.39, 0.29) is 35.2 Å². The van der Waals surface area contributed by atoms with Crippen LogP contribution in [0.5, 0.6) is 0 Å². The molecule has 3 aromatic rings. The minimum absolute atomic E-state index is 0.0568. The van der Waals surface area contributed by atoms with Crippen molar-refractivity contribution >= 4 is 38.6 Å². The first-order valence-electron chi connectivity index (χ1n) is 10.4. The summed E-state index contributed by atoms with van der Waals surface area (Å²) >= 11 is 6.17. The first kappa shape index (κ1) is 23.4. The molecular weight excluding hydrogens is 470 g/mol. The van der Waals surface area contributed by atoms with Crippen LogP contribution in [-0.2, 0) is 32.5 Å². The number of esters is 1. The number of rotatable bonds is 6. The maximum Gasteiger partial charge on any atom is 0.340 e. The molecule has 2 aromatic carbocycles. The first-order valence-corrected chi connectivity index (χ1v) is 12.2. The van der Waals surface area contributed by atoms with Crippen LogP contribution in [0, 0.1) is 0 Å². The van der Waals surface area contributed by atoms with E-state index >= 15 is 0 Å². The van der Waals surface area contributed by atoms with Crippen molar-refractivity contribution in [1.29, 1.82) is 0 Å². The number of ether oxygens (including phenoxy) is 2. The number of nitrogens with zero attached hydrogens (tertiary/aromatic N) is 1. The molecule has 2 heterocycles. The van der Waals surface area contributed by atoms with Crippen molar-refractivity contribution in [2.75, 3.05) is 26.3 Å². The van der Waals surface area contributed by atoms with Gasteiger partial charge in [0.25, 0.3) is 0 Å². The lowest BCUT2D eigenvalue weighted by molar-refractivity contribution is 0.0473. The molecule has 0 spiro atoms. The van der Waals surface area contributed by atoms with Gasteiger partial charge in [0, 0.05) is 30.1 Å². The Balaban J connectivity index is 1.58. The predicted molar refractivity (Wildman–Crippen MR) is 122 cm³/mol. The zero-order valence-corrected chi connectivity index (χ0v) is 19.4.